The molecule has 7 heteroatoms. The summed E-state index contributed by atoms with van der Waals surface area (Å²) in [5.41, 5.74) is 1.14. The van der Waals surface area contributed by atoms with Crippen molar-refractivity contribution in [1.82, 2.24) is 4.98 Å². The van der Waals surface area contributed by atoms with Crippen LogP contribution in [-0.4, -0.2) is 10.1 Å². The van der Waals surface area contributed by atoms with Crippen molar-refractivity contribution in [3.8, 4) is 11.1 Å². The smallest absolute Gasteiger partial charge is 0.336 e. The van der Waals surface area contributed by atoms with Gasteiger partial charge in [0.2, 0.25) is 0 Å². The summed E-state index contributed by atoms with van der Waals surface area (Å²) in [6.45, 7) is 1.95. The summed E-state index contributed by atoms with van der Waals surface area (Å²) in [5.74, 6) is -0.334. The third-order valence-corrected chi connectivity index (χ3v) is 7.94. The minimum absolute atomic E-state index is 0.334. The molecule has 2 heterocycles. The van der Waals surface area contributed by atoms with Crippen molar-refractivity contribution in [2.45, 2.75) is 28.2 Å². The van der Waals surface area contributed by atoms with E-state index in [9.17, 15) is 14.3 Å². The molecular formula is C27H20FNO3S2. The normalized spacial score (nSPS) is 13.1. The Balaban J connectivity index is 1.47. The first-order valence-corrected chi connectivity index (χ1v) is 12.4. The molecule has 5 aromatic rings. The fourth-order valence-electron chi connectivity index (χ4n) is 3.91. The monoisotopic (exact) mass is 489 g/mol. The molecule has 0 aliphatic carbocycles. The molecule has 0 fully saturated rings. The van der Waals surface area contributed by atoms with Gasteiger partial charge in [0, 0.05) is 22.5 Å². The molecule has 170 valence electrons. The van der Waals surface area contributed by atoms with E-state index in [2.05, 4.69) is 4.98 Å². The van der Waals surface area contributed by atoms with Crippen LogP contribution in [0, 0.1) is 5.82 Å². The van der Waals surface area contributed by atoms with Gasteiger partial charge in [0.1, 0.15) is 17.0 Å². The number of aliphatic hydroxyl groups is 1. The molecule has 0 bridgehead atoms. The molecule has 1 N–H and O–H groups in total. The maximum atomic E-state index is 13.3. The van der Waals surface area contributed by atoms with E-state index in [1.807, 2.05) is 49.4 Å². The van der Waals surface area contributed by atoms with Crippen molar-refractivity contribution in [3.05, 3.63) is 112 Å². The van der Waals surface area contributed by atoms with Gasteiger partial charge in [0.25, 0.3) is 0 Å². The lowest BCUT2D eigenvalue weighted by atomic mass is 9.90. The van der Waals surface area contributed by atoms with Crippen LogP contribution >= 0.6 is 23.1 Å². The first kappa shape index (κ1) is 22.5. The lowest BCUT2D eigenvalue weighted by Gasteiger charge is -2.25. The molecule has 3 aromatic carbocycles. The molecule has 1 unspecified atom stereocenters. The third kappa shape index (κ3) is 4.30. The number of hydrogen-bond donors (Lipinski definition) is 1. The molecule has 0 saturated heterocycles. The quantitative estimate of drug-likeness (QED) is 0.264. The number of halogens is 1. The zero-order chi connectivity index (χ0) is 23.7. The van der Waals surface area contributed by atoms with Crippen molar-refractivity contribution >= 4 is 34.1 Å². The molecule has 0 spiro atoms. The third-order valence-electron chi connectivity index (χ3n) is 5.73. The highest BCUT2D eigenvalue weighted by Crippen LogP contribution is 2.41. The number of nitrogens with zero attached hydrogens (tertiary/aromatic N) is 1. The molecular weight excluding hydrogens is 469 g/mol. The Morgan fingerprint density at radius 1 is 1.06 bits per heavy atom. The Morgan fingerprint density at radius 3 is 2.56 bits per heavy atom. The van der Waals surface area contributed by atoms with Crippen LogP contribution in [0.4, 0.5) is 4.39 Å². The van der Waals surface area contributed by atoms with Gasteiger partial charge in [-0.05, 0) is 53.4 Å². The van der Waals surface area contributed by atoms with E-state index in [4.69, 9.17) is 4.42 Å². The summed E-state index contributed by atoms with van der Waals surface area (Å²) in [7, 11) is 0. The van der Waals surface area contributed by atoms with E-state index in [0.717, 1.165) is 30.6 Å². The van der Waals surface area contributed by atoms with Crippen LogP contribution < -0.4 is 5.63 Å². The Labute approximate surface area is 203 Å². The maximum absolute atomic E-state index is 13.3. The van der Waals surface area contributed by atoms with Crippen LogP contribution in [0.2, 0.25) is 0 Å². The lowest BCUT2D eigenvalue weighted by Crippen LogP contribution is -2.24. The SMILES string of the molecule is CCC(O)(c1ccccc1)c1cnc(Sc2ccc3c(-c4ccc(F)cc4)cc(=O)oc3c2)s1. The van der Waals surface area contributed by atoms with Crippen molar-refractivity contribution in [3.63, 3.8) is 0 Å². The average molecular weight is 490 g/mol. The van der Waals surface area contributed by atoms with Gasteiger partial charge >= 0.3 is 5.63 Å². The first-order valence-electron chi connectivity index (χ1n) is 10.7. The molecule has 5 rings (SSSR count). The van der Waals surface area contributed by atoms with Gasteiger partial charge in [-0.3, -0.25) is 0 Å². The Bertz CT molecular complexity index is 1510. The Morgan fingerprint density at radius 2 is 1.82 bits per heavy atom. The number of hydrogen-bond acceptors (Lipinski definition) is 6. The second kappa shape index (κ2) is 9.18. The molecule has 2 aromatic heterocycles. The zero-order valence-corrected chi connectivity index (χ0v) is 19.8. The van der Waals surface area contributed by atoms with E-state index in [-0.39, 0.29) is 5.82 Å². The standard InChI is InChI=1S/C27H20FNO3S2/c1-2-27(31,18-6-4-3-5-7-18)24-16-29-26(34-24)33-20-12-13-21-22(15-25(30)32-23(21)14-20)17-8-10-19(28)11-9-17/h3-16,31H,2H2,1H3. The summed E-state index contributed by atoms with van der Waals surface area (Å²) in [6.07, 6.45) is 2.24. The van der Waals surface area contributed by atoms with E-state index in [1.165, 1.54) is 41.3 Å². The largest absolute Gasteiger partial charge is 0.423 e. The second-order valence-electron chi connectivity index (χ2n) is 7.82. The molecule has 34 heavy (non-hydrogen) atoms. The molecule has 0 saturated carbocycles. The summed E-state index contributed by atoms with van der Waals surface area (Å²) in [6, 6.07) is 22.7. The molecule has 0 amide bonds. The van der Waals surface area contributed by atoms with Gasteiger partial charge < -0.3 is 9.52 Å². The van der Waals surface area contributed by atoms with Crippen LogP contribution in [0.1, 0.15) is 23.8 Å². The van der Waals surface area contributed by atoms with Gasteiger partial charge in [0.05, 0.1) is 4.88 Å². The van der Waals surface area contributed by atoms with Crippen LogP contribution in [0.3, 0.4) is 0 Å². The zero-order valence-electron chi connectivity index (χ0n) is 18.2. The summed E-state index contributed by atoms with van der Waals surface area (Å²) < 4.78 is 19.6. The highest BCUT2D eigenvalue weighted by atomic mass is 32.2. The highest BCUT2D eigenvalue weighted by Gasteiger charge is 2.31. The average Bonchev–Trinajstić information content (AvgIpc) is 3.33. The van der Waals surface area contributed by atoms with E-state index >= 15 is 0 Å². The lowest BCUT2D eigenvalue weighted by molar-refractivity contribution is 0.0802. The number of aromatic nitrogens is 1. The number of thiazole rings is 1. The van der Waals surface area contributed by atoms with Crippen molar-refractivity contribution < 1.29 is 13.9 Å². The van der Waals surface area contributed by atoms with Crippen LogP contribution in [0.5, 0.6) is 0 Å². The molecule has 0 aliphatic rings. The van der Waals surface area contributed by atoms with Gasteiger partial charge in [-0.15, -0.1) is 11.3 Å². The molecule has 0 radical (unpaired) electrons. The molecule has 1 atom stereocenters. The van der Waals surface area contributed by atoms with E-state index in [1.54, 1.807) is 24.4 Å². The number of rotatable bonds is 6. The van der Waals surface area contributed by atoms with Gasteiger partial charge in [-0.25, -0.2) is 14.2 Å². The van der Waals surface area contributed by atoms with Gasteiger partial charge in [-0.2, -0.15) is 0 Å². The number of fused-ring (bicyclic) bond motifs is 1. The topological polar surface area (TPSA) is 63.3 Å². The fraction of sp³-hybridized carbons (Fsp3) is 0.111. The summed E-state index contributed by atoms with van der Waals surface area (Å²) in [5, 5.41) is 12.1. The first-order chi connectivity index (χ1) is 16.5. The van der Waals surface area contributed by atoms with Gasteiger partial charge in [-0.1, -0.05) is 61.2 Å². The van der Waals surface area contributed by atoms with Crippen LogP contribution in [-0.2, 0) is 5.60 Å². The predicted octanol–water partition coefficient (Wildman–Crippen LogP) is 6.85. The van der Waals surface area contributed by atoms with Crippen molar-refractivity contribution in [2.24, 2.45) is 0 Å². The van der Waals surface area contributed by atoms with Crippen LogP contribution in [0.25, 0.3) is 22.1 Å². The maximum Gasteiger partial charge on any atom is 0.336 e. The number of benzene rings is 3. The molecule has 4 nitrogen and oxygen atoms in total. The summed E-state index contributed by atoms with van der Waals surface area (Å²) in [4.78, 5) is 18.4. The fourth-order valence-corrected chi connectivity index (χ4v) is 6.07. The Hall–Kier alpha value is -3.26. The minimum atomic E-state index is -1.10. The van der Waals surface area contributed by atoms with Gasteiger partial charge in [0.15, 0.2) is 4.34 Å². The predicted molar refractivity (Wildman–Crippen MR) is 134 cm³/mol. The summed E-state index contributed by atoms with van der Waals surface area (Å²) >= 11 is 2.88. The van der Waals surface area contributed by atoms with Crippen molar-refractivity contribution in [2.75, 3.05) is 0 Å². The highest BCUT2D eigenvalue weighted by molar-refractivity contribution is 8.01. The van der Waals surface area contributed by atoms with E-state index < -0.39 is 11.2 Å². The van der Waals surface area contributed by atoms with E-state index in [0.29, 0.717) is 17.6 Å². The molecule has 0 aliphatic heterocycles. The van der Waals surface area contributed by atoms with Crippen molar-refractivity contribution in [1.29, 1.82) is 0 Å². The second-order valence-corrected chi connectivity index (χ2v) is 10.2. The minimum Gasteiger partial charge on any atom is -0.423 e. The van der Waals surface area contributed by atoms with Crippen LogP contribution in [0.15, 0.2) is 104 Å². The Kier molecular flexibility index (Phi) is 6.08.